The summed E-state index contributed by atoms with van der Waals surface area (Å²) >= 11 is 0. The summed E-state index contributed by atoms with van der Waals surface area (Å²) in [6.45, 7) is 0. The van der Waals surface area contributed by atoms with Crippen molar-refractivity contribution in [3.8, 4) is 0 Å². The standard InChI is InChI=1S/C13H8O2.H2O/c14-13-11-7-2-1-5-9(11)10-6-3-4-8-12(10)15-13;/h1-8H;1H2. The molecule has 0 radical (unpaired) electrons. The molecule has 3 nitrogen and oxygen atoms in total. The van der Waals surface area contributed by atoms with E-state index in [-0.39, 0.29) is 11.1 Å². The van der Waals surface area contributed by atoms with Gasteiger partial charge >= 0.3 is 5.63 Å². The van der Waals surface area contributed by atoms with Gasteiger partial charge in [0.2, 0.25) is 0 Å². The monoisotopic (exact) mass is 214 g/mol. The number of rotatable bonds is 0. The summed E-state index contributed by atoms with van der Waals surface area (Å²) in [6.07, 6.45) is 0. The van der Waals surface area contributed by atoms with Gasteiger partial charge in [-0.2, -0.15) is 0 Å². The molecule has 0 amide bonds. The van der Waals surface area contributed by atoms with E-state index in [9.17, 15) is 4.79 Å². The summed E-state index contributed by atoms with van der Waals surface area (Å²) in [4.78, 5) is 11.6. The van der Waals surface area contributed by atoms with Crippen molar-refractivity contribution in [2.45, 2.75) is 0 Å². The summed E-state index contributed by atoms with van der Waals surface area (Å²) in [6, 6.07) is 15.1. The Balaban J connectivity index is 0.000000963. The maximum Gasteiger partial charge on any atom is 0.344 e. The topological polar surface area (TPSA) is 61.7 Å². The van der Waals surface area contributed by atoms with Gasteiger partial charge in [0.1, 0.15) is 5.58 Å². The Kier molecular flexibility index (Phi) is 2.46. The summed E-state index contributed by atoms with van der Waals surface area (Å²) in [5.74, 6) is 0. The molecule has 16 heavy (non-hydrogen) atoms. The largest absolute Gasteiger partial charge is 0.422 e. The normalized spacial score (nSPS) is 10.2. The number of hydrogen-bond acceptors (Lipinski definition) is 2. The molecule has 0 aliphatic rings. The average Bonchev–Trinajstić information content (AvgIpc) is 2.30. The molecule has 3 rings (SSSR count). The number of benzene rings is 2. The molecule has 0 spiro atoms. The number of fused-ring (bicyclic) bond motifs is 3. The molecule has 1 aromatic heterocycles. The van der Waals surface area contributed by atoms with E-state index < -0.39 is 0 Å². The smallest absolute Gasteiger partial charge is 0.344 e. The molecule has 3 heteroatoms. The first kappa shape index (κ1) is 10.4. The number of hydrogen-bond donors (Lipinski definition) is 0. The van der Waals surface area contributed by atoms with Crippen LogP contribution >= 0.6 is 0 Å². The van der Waals surface area contributed by atoms with Gasteiger partial charge in [-0.15, -0.1) is 0 Å². The van der Waals surface area contributed by atoms with E-state index in [4.69, 9.17) is 4.42 Å². The quantitative estimate of drug-likeness (QED) is 0.425. The van der Waals surface area contributed by atoms with Crippen molar-refractivity contribution in [1.29, 1.82) is 0 Å². The molecule has 2 aromatic carbocycles. The molecule has 80 valence electrons. The van der Waals surface area contributed by atoms with Gasteiger partial charge in [0.05, 0.1) is 5.39 Å². The van der Waals surface area contributed by atoms with Crippen LogP contribution in [0.25, 0.3) is 21.7 Å². The zero-order valence-electron chi connectivity index (χ0n) is 8.44. The van der Waals surface area contributed by atoms with Crippen molar-refractivity contribution >= 4 is 21.7 Å². The van der Waals surface area contributed by atoms with Gasteiger partial charge in [-0.25, -0.2) is 4.79 Å². The van der Waals surface area contributed by atoms with Crippen LogP contribution < -0.4 is 5.63 Å². The SMILES string of the molecule is O.O=c1oc2ccccc2c2ccccc12. The second-order valence-electron chi connectivity index (χ2n) is 3.43. The first-order valence-electron chi connectivity index (χ1n) is 4.77. The molecule has 0 saturated heterocycles. The lowest BCUT2D eigenvalue weighted by molar-refractivity contribution is 0.569. The Hall–Kier alpha value is -2.13. The van der Waals surface area contributed by atoms with E-state index in [2.05, 4.69) is 0 Å². The van der Waals surface area contributed by atoms with Gasteiger partial charge in [0, 0.05) is 5.39 Å². The minimum atomic E-state index is -0.274. The highest BCUT2D eigenvalue weighted by molar-refractivity contribution is 6.03. The highest BCUT2D eigenvalue weighted by Crippen LogP contribution is 2.21. The number of para-hydroxylation sites is 1. The van der Waals surface area contributed by atoms with Crippen molar-refractivity contribution in [1.82, 2.24) is 0 Å². The molecule has 0 aliphatic heterocycles. The van der Waals surface area contributed by atoms with Gasteiger partial charge in [0.15, 0.2) is 0 Å². The van der Waals surface area contributed by atoms with E-state index in [0.29, 0.717) is 11.0 Å². The Bertz CT molecular complexity index is 698. The third kappa shape index (κ3) is 1.38. The van der Waals surface area contributed by atoms with Crippen molar-refractivity contribution in [3.63, 3.8) is 0 Å². The van der Waals surface area contributed by atoms with Crippen LogP contribution in [0.4, 0.5) is 0 Å². The van der Waals surface area contributed by atoms with Gasteiger partial charge in [-0.3, -0.25) is 0 Å². The summed E-state index contributed by atoms with van der Waals surface area (Å²) < 4.78 is 5.22. The molecule has 3 aromatic rings. The fraction of sp³-hybridized carbons (Fsp3) is 0. The molecule has 1 heterocycles. The van der Waals surface area contributed by atoms with Crippen LogP contribution in [0.3, 0.4) is 0 Å². The zero-order valence-corrected chi connectivity index (χ0v) is 8.44. The Morgan fingerprint density at radius 1 is 0.750 bits per heavy atom. The van der Waals surface area contributed by atoms with Crippen LogP contribution in [-0.4, -0.2) is 5.48 Å². The van der Waals surface area contributed by atoms with Crippen LogP contribution in [0.2, 0.25) is 0 Å². The molecular formula is C13H10O3. The van der Waals surface area contributed by atoms with Gasteiger partial charge in [-0.1, -0.05) is 36.4 Å². The minimum Gasteiger partial charge on any atom is -0.422 e. The van der Waals surface area contributed by atoms with Crippen molar-refractivity contribution in [2.24, 2.45) is 0 Å². The van der Waals surface area contributed by atoms with Crippen LogP contribution in [0.1, 0.15) is 0 Å². The van der Waals surface area contributed by atoms with Gasteiger partial charge in [-0.05, 0) is 17.5 Å². The second-order valence-corrected chi connectivity index (χ2v) is 3.43. The van der Waals surface area contributed by atoms with Crippen LogP contribution in [0, 0.1) is 0 Å². The molecule has 2 N–H and O–H groups in total. The summed E-state index contributed by atoms with van der Waals surface area (Å²) in [5.41, 5.74) is 0.366. The fourth-order valence-corrected chi connectivity index (χ4v) is 1.83. The predicted octanol–water partition coefficient (Wildman–Crippen LogP) is 2.12. The molecular weight excluding hydrogens is 204 g/mol. The molecule has 0 unspecified atom stereocenters. The zero-order chi connectivity index (χ0) is 10.3. The van der Waals surface area contributed by atoms with Gasteiger partial charge < -0.3 is 9.89 Å². The van der Waals surface area contributed by atoms with Crippen LogP contribution in [-0.2, 0) is 0 Å². The van der Waals surface area contributed by atoms with Crippen LogP contribution in [0.5, 0.6) is 0 Å². The molecule has 0 bridgehead atoms. The lowest BCUT2D eigenvalue weighted by atomic mass is 10.1. The lowest BCUT2D eigenvalue weighted by Crippen LogP contribution is -1.98. The van der Waals surface area contributed by atoms with Crippen molar-refractivity contribution in [2.75, 3.05) is 0 Å². The Morgan fingerprint density at radius 3 is 2.06 bits per heavy atom. The highest BCUT2D eigenvalue weighted by atomic mass is 16.4. The van der Waals surface area contributed by atoms with E-state index in [0.717, 1.165) is 10.8 Å². The van der Waals surface area contributed by atoms with E-state index >= 15 is 0 Å². The average molecular weight is 214 g/mol. The fourth-order valence-electron chi connectivity index (χ4n) is 1.83. The van der Waals surface area contributed by atoms with Crippen molar-refractivity contribution < 1.29 is 9.89 Å². The predicted molar refractivity (Wildman–Crippen MR) is 63.6 cm³/mol. The third-order valence-electron chi connectivity index (χ3n) is 2.53. The second kappa shape index (κ2) is 3.79. The molecule has 0 atom stereocenters. The first-order chi connectivity index (χ1) is 7.36. The maximum atomic E-state index is 11.6. The molecule has 0 fully saturated rings. The summed E-state index contributed by atoms with van der Waals surface area (Å²) in [5, 5.41) is 2.56. The minimum absolute atomic E-state index is 0. The Labute approximate surface area is 91.2 Å². The van der Waals surface area contributed by atoms with Crippen LogP contribution in [0.15, 0.2) is 57.7 Å². The Morgan fingerprint density at radius 2 is 1.31 bits per heavy atom. The third-order valence-corrected chi connectivity index (χ3v) is 2.53. The maximum absolute atomic E-state index is 11.6. The molecule has 0 saturated carbocycles. The van der Waals surface area contributed by atoms with Gasteiger partial charge in [0.25, 0.3) is 0 Å². The first-order valence-corrected chi connectivity index (χ1v) is 4.77. The van der Waals surface area contributed by atoms with E-state index in [1.54, 1.807) is 6.07 Å². The summed E-state index contributed by atoms with van der Waals surface area (Å²) in [7, 11) is 0. The molecule has 0 aliphatic carbocycles. The van der Waals surface area contributed by atoms with E-state index in [1.807, 2.05) is 42.5 Å². The lowest BCUT2D eigenvalue weighted by Gasteiger charge is -2.00. The van der Waals surface area contributed by atoms with Crippen molar-refractivity contribution in [3.05, 3.63) is 59.0 Å². The van der Waals surface area contributed by atoms with E-state index in [1.165, 1.54) is 0 Å². The highest BCUT2D eigenvalue weighted by Gasteiger charge is 2.04.